The van der Waals surface area contributed by atoms with E-state index >= 15 is 0 Å². The van der Waals surface area contributed by atoms with Gasteiger partial charge in [-0.15, -0.1) is 0 Å². The predicted molar refractivity (Wildman–Crippen MR) is 166 cm³/mol. The van der Waals surface area contributed by atoms with E-state index < -0.39 is 55.7 Å². The number of unbranched alkanes of at least 4 members (excludes halogenated alkanes) is 7. The van der Waals surface area contributed by atoms with Crippen LogP contribution in [0.5, 0.6) is 11.5 Å². The van der Waals surface area contributed by atoms with Gasteiger partial charge in [-0.25, -0.2) is 9.47 Å². The standard InChI is InChI=1S/C35H37F15O5/c1-2-3-4-5-6-7-8-9-22-52-27-17-13-25(14-18-27)11-12-26-15-19-28(20-16-26)53-23-10-21-51-24-29(36,37)54-34(47,48)35(49,50)55-33(45,46)31(40,41)30(38,39)32(42,43)44/h13-20H,2-10,21-24H2,1H3. The van der Waals surface area contributed by atoms with Crippen molar-refractivity contribution in [3.63, 3.8) is 0 Å². The summed E-state index contributed by atoms with van der Waals surface area (Å²) < 4.78 is 216. The van der Waals surface area contributed by atoms with Crippen molar-refractivity contribution in [1.29, 1.82) is 0 Å². The maximum absolute atomic E-state index is 13.7. The predicted octanol–water partition coefficient (Wildman–Crippen LogP) is 11.6. The summed E-state index contributed by atoms with van der Waals surface area (Å²) in [5, 5.41) is 0. The van der Waals surface area contributed by atoms with Gasteiger partial charge in [0.25, 0.3) is 0 Å². The second-order valence-electron chi connectivity index (χ2n) is 11.9. The summed E-state index contributed by atoms with van der Waals surface area (Å²) in [5.74, 6) is -8.79. The minimum Gasteiger partial charge on any atom is -0.494 e. The van der Waals surface area contributed by atoms with Crippen LogP contribution in [-0.2, 0) is 14.2 Å². The fourth-order valence-corrected chi connectivity index (χ4v) is 4.30. The third kappa shape index (κ3) is 14.5. The molecule has 2 rings (SSSR count). The van der Waals surface area contributed by atoms with E-state index in [0.29, 0.717) is 12.2 Å². The van der Waals surface area contributed by atoms with Gasteiger partial charge in [0.15, 0.2) is 0 Å². The molecule has 0 atom stereocenters. The van der Waals surface area contributed by atoms with Crippen molar-refractivity contribution in [2.75, 3.05) is 26.4 Å². The van der Waals surface area contributed by atoms with E-state index in [2.05, 4.69) is 28.2 Å². The van der Waals surface area contributed by atoms with Crippen molar-refractivity contribution in [2.24, 2.45) is 0 Å². The molecular weight excluding hydrogens is 785 g/mol. The van der Waals surface area contributed by atoms with E-state index in [1.165, 1.54) is 50.7 Å². The van der Waals surface area contributed by atoms with Crippen molar-refractivity contribution in [2.45, 2.75) is 107 Å². The number of halogens is 15. The molecule has 0 amide bonds. The van der Waals surface area contributed by atoms with Crippen LogP contribution in [0, 0.1) is 11.8 Å². The molecule has 2 aromatic rings. The first-order valence-electron chi connectivity index (χ1n) is 16.7. The van der Waals surface area contributed by atoms with Crippen molar-refractivity contribution in [3.05, 3.63) is 59.7 Å². The van der Waals surface area contributed by atoms with Gasteiger partial charge in [-0.1, -0.05) is 63.7 Å². The van der Waals surface area contributed by atoms with Crippen LogP contribution >= 0.6 is 0 Å². The van der Waals surface area contributed by atoms with Crippen LogP contribution in [0.4, 0.5) is 65.9 Å². The molecule has 0 heterocycles. The summed E-state index contributed by atoms with van der Waals surface area (Å²) in [5.41, 5.74) is 1.32. The molecule has 312 valence electrons. The summed E-state index contributed by atoms with van der Waals surface area (Å²) in [4.78, 5) is 0. The minimum absolute atomic E-state index is 0.235. The summed E-state index contributed by atoms with van der Waals surface area (Å²) in [7, 11) is 0. The summed E-state index contributed by atoms with van der Waals surface area (Å²) in [6.45, 7) is -0.446. The Kier molecular flexibility index (Phi) is 17.3. The molecule has 0 radical (unpaired) electrons. The molecule has 0 N–H and O–H groups in total. The largest absolute Gasteiger partial charge is 0.494 e. The lowest BCUT2D eigenvalue weighted by atomic mass is 10.1. The number of ether oxygens (including phenoxy) is 5. The fourth-order valence-electron chi connectivity index (χ4n) is 4.30. The lowest BCUT2D eigenvalue weighted by Crippen LogP contribution is -2.64. The molecule has 0 spiro atoms. The van der Waals surface area contributed by atoms with Gasteiger partial charge in [0, 0.05) is 17.5 Å². The van der Waals surface area contributed by atoms with Crippen LogP contribution in [0.1, 0.15) is 75.8 Å². The van der Waals surface area contributed by atoms with E-state index in [1.54, 1.807) is 29.0 Å². The molecule has 0 saturated heterocycles. The van der Waals surface area contributed by atoms with Crippen molar-refractivity contribution >= 4 is 0 Å². The number of hydrogen-bond donors (Lipinski definition) is 0. The van der Waals surface area contributed by atoms with Crippen LogP contribution in [0.2, 0.25) is 0 Å². The zero-order valence-electron chi connectivity index (χ0n) is 29.0. The molecule has 5 nitrogen and oxygen atoms in total. The zero-order valence-corrected chi connectivity index (χ0v) is 29.0. The van der Waals surface area contributed by atoms with Crippen LogP contribution in [-0.4, -0.2) is 68.9 Å². The van der Waals surface area contributed by atoms with Gasteiger partial charge in [-0.2, -0.15) is 65.9 Å². The summed E-state index contributed by atoms with van der Waals surface area (Å²) in [6, 6.07) is 13.4. The molecule has 0 unspecified atom stereocenters. The fraction of sp³-hybridized carbons (Fsp3) is 0.600. The maximum Gasteiger partial charge on any atom is 0.460 e. The van der Waals surface area contributed by atoms with E-state index in [4.69, 9.17) is 9.47 Å². The Labute approximate surface area is 306 Å². The molecule has 0 fully saturated rings. The van der Waals surface area contributed by atoms with Crippen molar-refractivity contribution in [1.82, 2.24) is 0 Å². The Morgan fingerprint density at radius 2 is 0.873 bits per heavy atom. The smallest absolute Gasteiger partial charge is 0.460 e. The number of alkyl halides is 15. The Hall–Kier alpha value is -3.57. The van der Waals surface area contributed by atoms with Gasteiger partial charge in [0.05, 0.1) is 19.8 Å². The van der Waals surface area contributed by atoms with E-state index in [9.17, 15) is 65.9 Å². The quantitative estimate of drug-likeness (QED) is 0.0600. The molecule has 20 heteroatoms. The van der Waals surface area contributed by atoms with Crippen LogP contribution < -0.4 is 9.47 Å². The monoisotopic (exact) mass is 822 g/mol. The Morgan fingerprint density at radius 1 is 0.455 bits per heavy atom. The number of hydrogen-bond acceptors (Lipinski definition) is 5. The third-order valence-electron chi connectivity index (χ3n) is 7.29. The highest BCUT2D eigenvalue weighted by Crippen LogP contribution is 2.56. The third-order valence-corrected chi connectivity index (χ3v) is 7.29. The minimum atomic E-state index is -7.92. The first-order chi connectivity index (χ1) is 25.4. The van der Waals surface area contributed by atoms with Crippen LogP contribution in [0.25, 0.3) is 0 Å². The van der Waals surface area contributed by atoms with Crippen LogP contribution in [0.15, 0.2) is 48.5 Å². The highest BCUT2D eigenvalue weighted by molar-refractivity contribution is 5.45. The molecule has 0 aliphatic rings. The normalized spacial score (nSPS) is 13.4. The van der Waals surface area contributed by atoms with Gasteiger partial charge < -0.3 is 14.2 Å². The molecule has 0 bridgehead atoms. The van der Waals surface area contributed by atoms with Gasteiger partial charge in [0.2, 0.25) is 0 Å². The number of rotatable bonds is 24. The van der Waals surface area contributed by atoms with Crippen LogP contribution in [0.3, 0.4) is 0 Å². The first kappa shape index (κ1) is 47.6. The Balaban J connectivity index is 1.75. The average molecular weight is 823 g/mol. The molecule has 0 aliphatic carbocycles. The van der Waals surface area contributed by atoms with Gasteiger partial charge >= 0.3 is 42.5 Å². The molecule has 0 aliphatic heterocycles. The second-order valence-corrected chi connectivity index (χ2v) is 11.9. The molecule has 0 saturated carbocycles. The summed E-state index contributed by atoms with van der Waals surface area (Å²) >= 11 is 0. The van der Waals surface area contributed by atoms with E-state index in [0.717, 1.165) is 24.2 Å². The Bertz CT molecular complexity index is 1490. The molecule has 55 heavy (non-hydrogen) atoms. The topological polar surface area (TPSA) is 46.2 Å². The summed E-state index contributed by atoms with van der Waals surface area (Å²) in [6.07, 6.45) is -25.7. The van der Waals surface area contributed by atoms with E-state index in [-0.39, 0.29) is 18.8 Å². The Morgan fingerprint density at radius 3 is 1.33 bits per heavy atom. The first-order valence-corrected chi connectivity index (χ1v) is 16.7. The molecule has 2 aromatic carbocycles. The SMILES string of the molecule is CCCCCCCCCCOc1ccc(C#Cc2ccc(OCCCOCC(F)(F)OC(F)(F)C(F)(F)OC(F)(F)C(F)(F)C(F)(F)C(F)(F)F)cc2)cc1. The van der Waals surface area contributed by atoms with Gasteiger partial charge in [-0.3, -0.25) is 0 Å². The lowest BCUT2D eigenvalue weighted by molar-refractivity contribution is -0.543. The van der Waals surface area contributed by atoms with Gasteiger partial charge in [-0.05, 0) is 55.0 Å². The second kappa shape index (κ2) is 20.0. The van der Waals surface area contributed by atoms with E-state index in [1.807, 2.05) is 12.1 Å². The number of benzene rings is 2. The highest BCUT2D eigenvalue weighted by atomic mass is 19.4. The zero-order chi connectivity index (χ0) is 41.6. The van der Waals surface area contributed by atoms with Gasteiger partial charge in [0.1, 0.15) is 18.1 Å². The molecular formula is C35H37F15O5. The highest BCUT2D eigenvalue weighted by Gasteiger charge is 2.85. The van der Waals surface area contributed by atoms with Crippen molar-refractivity contribution < 1.29 is 89.5 Å². The lowest BCUT2D eigenvalue weighted by Gasteiger charge is -2.36. The van der Waals surface area contributed by atoms with Crippen molar-refractivity contribution in [3.8, 4) is 23.3 Å². The molecule has 0 aromatic heterocycles. The maximum atomic E-state index is 13.7. The average Bonchev–Trinajstić information content (AvgIpc) is 3.07.